The topological polar surface area (TPSA) is 78.9 Å². The van der Waals surface area contributed by atoms with Crippen molar-refractivity contribution in [1.82, 2.24) is 4.81 Å². The number of nitrogens with zero attached hydrogens (tertiary/aromatic N) is 1. The zero-order chi connectivity index (χ0) is 26.7. The minimum absolute atomic E-state index is 0.0173. The number of carboxylic acids is 1. The first-order valence-corrected chi connectivity index (χ1v) is 12.5. The van der Waals surface area contributed by atoms with Crippen molar-refractivity contribution in [2.24, 2.45) is 11.8 Å². The fourth-order valence-electron chi connectivity index (χ4n) is 5.19. The van der Waals surface area contributed by atoms with Gasteiger partial charge in [0.1, 0.15) is 12.1 Å². The number of ether oxygens (including phenoxy) is 1. The van der Waals surface area contributed by atoms with E-state index in [0.29, 0.717) is 18.9 Å². The average molecular weight is 496 g/mol. The van der Waals surface area contributed by atoms with Crippen molar-refractivity contribution in [1.29, 1.82) is 0 Å². The molecule has 190 valence electrons. The van der Waals surface area contributed by atoms with Crippen LogP contribution in [0.4, 0.5) is 5.69 Å². The van der Waals surface area contributed by atoms with Gasteiger partial charge in [-0.2, -0.15) is 0 Å². The molecule has 0 saturated carbocycles. The van der Waals surface area contributed by atoms with Crippen LogP contribution in [-0.2, 0) is 14.3 Å². The van der Waals surface area contributed by atoms with Crippen LogP contribution in [0.15, 0.2) is 96.3 Å². The van der Waals surface area contributed by atoms with E-state index in [1.165, 1.54) is 0 Å². The van der Waals surface area contributed by atoms with Crippen molar-refractivity contribution in [2.75, 3.05) is 12.4 Å². The molecule has 1 aliphatic carbocycles. The van der Waals surface area contributed by atoms with Crippen LogP contribution in [0.3, 0.4) is 0 Å². The number of anilines is 1. The monoisotopic (exact) mass is 496 g/mol. The molecule has 2 aliphatic rings. The van der Waals surface area contributed by atoms with Crippen LogP contribution < -0.4 is 10.8 Å². The molecule has 6 nitrogen and oxygen atoms in total. The molecule has 2 aromatic carbocycles. The number of carbonyl (C=O) groups excluding carboxylic acids is 1. The number of nitrogens with one attached hydrogen (secondary N) is 1. The summed E-state index contributed by atoms with van der Waals surface area (Å²) in [6.07, 6.45) is 7.55. The quantitative estimate of drug-likeness (QED) is 0.507. The lowest BCUT2D eigenvalue weighted by atomic mass is 9.78. The summed E-state index contributed by atoms with van der Waals surface area (Å²) in [5.41, 5.74) is 5.76. The number of benzene rings is 2. The largest absolute Gasteiger partial charge is 0.480 e. The Kier molecular flexibility index (Phi) is 7.84. The smallest absolute Gasteiger partial charge is 0.320 e. The highest BCUT2D eigenvalue weighted by molar-refractivity contribution is 6.50. The highest BCUT2D eigenvalue weighted by atomic mass is 16.5. The maximum atomic E-state index is 13.0. The van der Waals surface area contributed by atoms with Crippen molar-refractivity contribution in [2.45, 2.75) is 32.9 Å². The fourth-order valence-corrected chi connectivity index (χ4v) is 5.19. The lowest BCUT2D eigenvalue weighted by molar-refractivity contribution is -0.142. The van der Waals surface area contributed by atoms with Crippen LogP contribution in [0.5, 0.6) is 0 Å². The summed E-state index contributed by atoms with van der Waals surface area (Å²) in [5, 5.41) is 12.5. The van der Waals surface area contributed by atoms with E-state index in [-0.39, 0.29) is 23.8 Å². The standard InChI is InChI=1S/C30H33BN2O4/c1-6-20-8-7-9-25-26(20)19(4)28(37-25)29(34)32-24-16-12-22(13-17-24)21-10-14-23(15-11-21)31-33(5)27(18(2)3)30(35)36/h6-18,25-27,31H,1H2,2-5H3,(H,32,34)(H,35,36)/t25?,26?,27-/m0/s1. The van der Waals surface area contributed by atoms with Gasteiger partial charge in [0, 0.05) is 11.6 Å². The van der Waals surface area contributed by atoms with Gasteiger partial charge in [0.05, 0.1) is 0 Å². The van der Waals surface area contributed by atoms with E-state index >= 15 is 0 Å². The number of likely N-dealkylation sites (N-methyl/N-ethyl adjacent to an activating group) is 1. The Morgan fingerprint density at radius 1 is 1.11 bits per heavy atom. The van der Waals surface area contributed by atoms with Gasteiger partial charge < -0.3 is 20.0 Å². The third kappa shape index (κ3) is 5.62. The minimum atomic E-state index is -0.805. The maximum Gasteiger partial charge on any atom is 0.320 e. The number of aliphatic carboxylic acids is 1. The number of hydrogen-bond acceptors (Lipinski definition) is 4. The molecule has 0 spiro atoms. The van der Waals surface area contributed by atoms with Crippen molar-refractivity contribution in [3.63, 3.8) is 0 Å². The molecule has 1 amide bonds. The van der Waals surface area contributed by atoms with E-state index in [4.69, 9.17) is 4.74 Å². The van der Waals surface area contributed by atoms with Crippen molar-refractivity contribution in [3.8, 4) is 11.1 Å². The molecule has 7 heteroatoms. The van der Waals surface area contributed by atoms with E-state index < -0.39 is 12.0 Å². The zero-order valence-corrected chi connectivity index (χ0v) is 21.8. The zero-order valence-electron chi connectivity index (χ0n) is 21.8. The Hall–Kier alpha value is -3.84. The number of carbonyl (C=O) groups is 2. The molecule has 37 heavy (non-hydrogen) atoms. The van der Waals surface area contributed by atoms with Crippen molar-refractivity contribution >= 4 is 30.4 Å². The van der Waals surface area contributed by atoms with Gasteiger partial charge in [-0.15, -0.1) is 0 Å². The molecule has 2 aromatic rings. The van der Waals surface area contributed by atoms with Crippen molar-refractivity contribution in [3.05, 3.63) is 96.3 Å². The van der Waals surface area contributed by atoms with E-state index in [9.17, 15) is 14.7 Å². The molecule has 0 fully saturated rings. The predicted molar refractivity (Wildman–Crippen MR) is 150 cm³/mol. The van der Waals surface area contributed by atoms with E-state index in [0.717, 1.165) is 27.7 Å². The maximum absolute atomic E-state index is 13.0. The SMILES string of the molecule is C=CC1=CC=CC2OC(C(=O)Nc3ccc(-c4ccc(BN(C)[C@H](C(=O)O)C(C)C)cc4)cc3)=C(C)C12. The lowest BCUT2D eigenvalue weighted by Gasteiger charge is -2.27. The van der Waals surface area contributed by atoms with Gasteiger partial charge >= 0.3 is 5.97 Å². The van der Waals surface area contributed by atoms with Crippen LogP contribution in [0, 0.1) is 11.8 Å². The molecular formula is C30H33BN2O4. The molecule has 4 rings (SSSR count). The van der Waals surface area contributed by atoms with Gasteiger partial charge in [0.15, 0.2) is 5.76 Å². The summed E-state index contributed by atoms with van der Waals surface area (Å²) in [5.74, 6) is -0.661. The van der Waals surface area contributed by atoms with E-state index in [1.54, 1.807) is 0 Å². The second-order valence-electron chi connectivity index (χ2n) is 10.00. The summed E-state index contributed by atoms with van der Waals surface area (Å²) in [7, 11) is 2.40. The van der Waals surface area contributed by atoms with Gasteiger partial charge in [0.2, 0.25) is 7.41 Å². The Labute approximate surface area is 219 Å². The van der Waals surface area contributed by atoms with Crippen LogP contribution in [0.25, 0.3) is 11.1 Å². The van der Waals surface area contributed by atoms with Crippen LogP contribution in [0.2, 0.25) is 0 Å². The van der Waals surface area contributed by atoms with E-state index in [1.807, 2.05) is 105 Å². The predicted octanol–water partition coefficient (Wildman–Crippen LogP) is 4.28. The first kappa shape index (κ1) is 26.2. The van der Waals surface area contributed by atoms with Crippen LogP contribution in [-0.4, -0.2) is 48.4 Å². The summed E-state index contributed by atoms with van der Waals surface area (Å²) in [4.78, 5) is 26.4. The third-order valence-corrected chi connectivity index (χ3v) is 7.02. The van der Waals surface area contributed by atoms with Gasteiger partial charge in [-0.1, -0.05) is 80.5 Å². The number of fused-ring (bicyclic) bond motifs is 1. The number of hydrogen-bond donors (Lipinski definition) is 2. The van der Waals surface area contributed by atoms with Gasteiger partial charge in [-0.3, -0.25) is 9.59 Å². The van der Waals surface area contributed by atoms with Crippen molar-refractivity contribution < 1.29 is 19.4 Å². The minimum Gasteiger partial charge on any atom is -0.480 e. The van der Waals surface area contributed by atoms with Gasteiger partial charge in [-0.05, 0) is 60.4 Å². The number of carboxylic acid groups (broad SMARTS) is 1. The molecule has 0 bridgehead atoms. The Morgan fingerprint density at radius 2 is 1.73 bits per heavy atom. The highest BCUT2D eigenvalue weighted by Gasteiger charge is 2.38. The molecule has 2 N–H and O–H groups in total. The molecule has 3 atom stereocenters. The molecule has 0 saturated heterocycles. The molecule has 0 aromatic heterocycles. The average Bonchev–Trinajstić information content (AvgIpc) is 3.21. The summed E-state index contributed by atoms with van der Waals surface area (Å²) >= 11 is 0. The number of rotatable bonds is 9. The Bertz CT molecular complexity index is 1280. The van der Waals surface area contributed by atoms with Gasteiger partial charge in [-0.25, -0.2) is 0 Å². The normalized spacial score (nSPS) is 19.2. The fraction of sp³-hybridized carbons (Fsp3) is 0.267. The first-order valence-electron chi connectivity index (χ1n) is 12.5. The highest BCUT2D eigenvalue weighted by Crippen LogP contribution is 2.39. The second-order valence-corrected chi connectivity index (χ2v) is 10.00. The first-order chi connectivity index (χ1) is 17.7. The Balaban J connectivity index is 1.40. The summed E-state index contributed by atoms with van der Waals surface area (Å²) in [6, 6.07) is 15.3. The molecule has 0 radical (unpaired) electrons. The van der Waals surface area contributed by atoms with Crippen LogP contribution >= 0.6 is 0 Å². The number of allylic oxidation sites excluding steroid dienone is 3. The third-order valence-electron chi connectivity index (χ3n) is 7.02. The summed E-state index contributed by atoms with van der Waals surface area (Å²) < 4.78 is 5.97. The van der Waals surface area contributed by atoms with Gasteiger partial charge in [0.25, 0.3) is 5.91 Å². The number of amides is 1. The Morgan fingerprint density at radius 3 is 2.30 bits per heavy atom. The molecule has 2 unspecified atom stereocenters. The van der Waals surface area contributed by atoms with E-state index in [2.05, 4.69) is 11.9 Å². The molecular weight excluding hydrogens is 463 g/mol. The van der Waals surface area contributed by atoms with Crippen LogP contribution in [0.1, 0.15) is 20.8 Å². The molecule has 1 aliphatic heterocycles. The summed E-state index contributed by atoms with van der Waals surface area (Å²) in [6.45, 7) is 9.66. The molecule has 1 heterocycles. The lowest BCUT2D eigenvalue weighted by Crippen LogP contribution is -2.47. The second kappa shape index (κ2) is 11.1.